The van der Waals surface area contributed by atoms with Crippen molar-refractivity contribution in [3.63, 3.8) is 0 Å². The number of halogens is 2. The monoisotopic (exact) mass is 552 g/mol. The number of morpholine rings is 1. The fraction of sp³-hybridized carbons (Fsp3) is 0.417. The number of benzene rings is 1. The van der Waals surface area contributed by atoms with E-state index in [4.69, 9.17) is 21.1 Å². The third kappa shape index (κ3) is 6.27. The molecule has 2 saturated heterocycles. The van der Waals surface area contributed by atoms with Crippen LogP contribution in [0.25, 0.3) is 0 Å². The van der Waals surface area contributed by atoms with Gasteiger partial charge in [0.15, 0.2) is 0 Å². The average molecular weight is 553 g/mol. The maximum Gasteiger partial charge on any atom is 0.414 e. The summed E-state index contributed by atoms with van der Waals surface area (Å²) in [6, 6.07) is 7.22. The summed E-state index contributed by atoms with van der Waals surface area (Å²) in [4.78, 5) is 56.5. The van der Waals surface area contributed by atoms with Crippen LogP contribution in [-0.4, -0.2) is 93.2 Å². The lowest BCUT2D eigenvalue weighted by Gasteiger charge is -2.27. The summed E-state index contributed by atoms with van der Waals surface area (Å²) >= 11 is 7.01. The highest BCUT2D eigenvalue weighted by atomic mass is 35.5. The molecule has 198 valence electrons. The molecule has 0 spiro atoms. The maximum absolute atomic E-state index is 15.1. The molecule has 0 unspecified atom stereocenters. The molecule has 37 heavy (non-hydrogen) atoms. The Hall–Kier alpha value is -3.06. The van der Waals surface area contributed by atoms with E-state index in [1.165, 1.54) is 23.1 Å². The van der Waals surface area contributed by atoms with Crippen LogP contribution in [0.15, 0.2) is 30.3 Å². The first-order valence-corrected chi connectivity index (χ1v) is 12.7. The Morgan fingerprint density at radius 2 is 1.97 bits per heavy atom. The van der Waals surface area contributed by atoms with E-state index in [2.05, 4.69) is 0 Å². The first-order valence-electron chi connectivity index (χ1n) is 11.5. The second-order valence-corrected chi connectivity index (χ2v) is 10.5. The topological polar surface area (TPSA) is 99.7 Å². The summed E-state index contributed by atoms with van der Waals surface area (Å²) < 4.78 is 26.0. The number of anilines is 2. The number of nitrogens with zero attached hydrogens (tertiary/aromatic N) is 4. The Balaban J connectivity index is 1.49. The standard InChI is InChI=1S/C24H26ClFN4O6S/c1-27(2)8-7-21(31)30(23(33)19-5-6-20(25)37-19)13-16-12-29(24(34)36-16)18-4-3-15(11-17(18)26)28-9-10-35-14-22(28)32/h3-6,11,16H,7-10,12-14H2,1-2H3/t16-/m1/s1. The molecule has 0 N–H and O–H groups in total. The SMILES string of the molecule is CN(C)CCC(=O)N(C[C@H]1CN(c2ccc(N3CCOCC3=O)cc2F)C(=O)O1)C(=O)c1ccc(Cl)s1. The van der Waals surface area contributed by atoms with Gasteiger partial charge in [-0.3, -0.25) is 24.2 Å². The number of carbonyl (C=O) groups is 4. The van der Waals surface area contributed by atoms with Crippen LogP contribution in [0.4, 0.5) is 20.6 Å². The number of cyclic esters (lactones) is 1. The molecule has 13 heteroatoms. The van der Waals surface area contributed by atoms with E-state index in [-0.39, 0.29) is 42.6 Å². The van der Waals surface area contributed by atoms with Crippen LogP contribution < -0.4 is 9.80 Å². The van der Waals surface area contributed by atoms with Gasteiger partial charge in [0.1, 0.15) is 18.5 Å². The molecular formula is C24H26ClFN4O6S. The van der Waals surface area contributed by atoms with Gasteiger partial charge in [0.05, 0.1) is 34.6 Å². The van der Waals surface area contributed by atoms with Crippen molar-refractivity contribution in [2.45, 2.75) is 12.5 Å². The lowest BCUT2D eigenvalue weighted by molar-refractivity contribution is -0.129. The van der Waals surface area contributed by atoms with Crippen LogP contribution in [0.3, 0.4) is 0 Å². The fourth-order valence-electron chi connectivity index (χ4n) is 4.01. The van der Waals surface area contributed by atoms with Crippen molar-refractivity contribution in [2.24, 2.45) is 0 Å². The molecule has 3 heterocycles. The third-order valence-corrected chi connectivity index (χ3v) is 7.10. The molecular weight excluding hydrogens is 527 g/mol. The van der Waals surface area contributed by atoms with Crippen molar-refractivity contribution < 1.29 is 33.0 Å². The number of ether oxygens (including phenoxy) is 2. The Kier molecular flexibility index (Phi) is 8.42. The number of hydrogen-bond donors (Lipinski definition) is 0. The molecule has 4 rings (SSSR count). The molecule has 0 saturated carbocycles. The quantitative estimate of drug-likeness (QED) is 0.496. The number of hydrogen-bond acceptors (Lipinski definition) is 8. The summed E-state index contributed by atoms with van der Waals surface area (Å²) in [6.45, 7) is 0.728. The minimum atomic E-state index is -0.866. The Morgan fingerprint density at radius 3 is 2.62 bits per heavy atom. The van der Waals surface area contributed by atoms with Gasteiger partial charge in [-0.05, 0) is 44.4 Å². The van der Waals surface area contributed by atoms with Crippen LogP contribution in [-0.2, 0) is 19.1 Å². The number of rotatable bonds is 8. The van der Waals surface area contributed by atoms with Crippen LogP contribution in [0.1, 0.15) is 16.1 Å². The van der Waals surface area contributed by atoms with E-state index in [1.807, 2.05) is 19.0 Å². The number of imide groups is 1. The van der Waals surface area contributed by atoms with Crippen molar-refractivity contribution in [2.75, 3.05) is 63.3 Å². The lowest BCUT2D eigenvalue weighted by Crippen LogP contribution is -2.43. The van der Waals surface area contributed by atoms with Gasteiger partial charge in [-0.2, -0.15) is 0 Å². The van der Waals surface area contributed by atoms with Crippen molar-refractivity contribution in [3.05, 3.63) is 45.4 Å². The highest BCUT2D eigenvalue weighted by molar-refractivity contribution is 7.18. The van der Waals surface area contributed by atoms with E-state index < -0.39 is 29.8 Å². The highest BCUT2D eigenvalue weighted by Gasteiger charge is 2.37. The highest BCUT2D eigenvalue weighted by Crippen LogP contribution is 2.30. The average Bonchev–Trinajstić information content (AvgIpc) is 3.46. The first kappa shape index (κ1) is 27.0. The van der Waals surface area contributed by atoms with Gasteiger partial charge in [-0.15, -0.1) is 11.3 Å². The van der Waals surface area contributed by atoms with Crippen molar-refractivity contribution in [1.82, 2.24) is 9.80 Å². The summed E-state index contributed by atoms with van der Waals surface area (Å²) in [5.41, 5.74) is 0.329. The molecule has 2 aliphatic heterocycles. The van der Waals surface area contributed by atoms with E-state index in [9.17, 15) is 19.2 Å². The fourth-order valence-corrected chi connectivity index (χ4v) is 5.00. The van der Waals surface area contributed by atoms with Gasteiger partial charge in [-0.1, -0.05) is 11.6 Å². The second-order valence-electron chi connectivity index (χ2n) is 8.82. The summed E-state index contributed by atoms with van der Waals surface area (Å²) in [5.74, 6) is -1.96. The molecule has 0 bridgehead atoms. The van der Waals surface area contributed by atoms with Gasteiger partial charge in [0, 0.05) is 25.2 Å². The Labute approximate surface area is 222 Å². The summed E-state index contributed by atoms with van der Waals surface area (Å²) in [6.07, 6.45) is -1.58. The normalized spacial score (nSPS) is 17.9. The molecule has 2 fully saturated rings. The molecule has 0 radical (unpaired) electrons. The maximum atomic E-state index is 15.1. The van der Waals surface area contributed by atoms with Gasteiger partial charge in [0.25, 0.3) is 11.8 Å². The van der Waals surface area contributed by atoms with Crippen molar-refractivity contribution >= 4 is 58.1 Å². The molecule has 4 amide bonds. The second kappa shape index (κ2) is 11.5. The van der Waals surface area contributed by atoms with Gasteiger partial charge >= 0.3 is 6.09 Å². The smallest absolute Gasteiger partial charge is 0.414 e. The van der Waals surface area contributed by atoms with E-state index >= 15 is 4.39 Å². The first-order chi connectivity index (χ1) is 17.6. The number of amides is 4. The van der Waals surface area contributed by atoms with Crippen LogP contribution in [0.2, 0.25) is 4.34 Å². The minimum absolute atomic E-state index is 0.0289. The van der Waals surface area contributed by atoms with Crippen LogP contribution in [0.5, 0.6) is 0 Å². The molecule has 2 aliphatic rings. The largest absolute Gasteiger partial charge is 0.442 e. The Bertz CT molecular complexity index is 1210. The number of carbonyl (C=O) groups excluding carboxylic acids is 4. The predicted octanol–water partition coefficient (Wildman–Crippen LogP) is 2.85. The van der Waals surface area contributed by atoms with Gasteiger partial charge in [0.2, 0.25) is 5.91 Å². The Morgan fingerprint density at radius 1 is 1.19 bits per heavy atom. The van der Waals surface area contributed by atoms with E-state index in [0.717, 1.165) is 21.1 Å². The molecule has 10 nitrogen and oxygen atoms in total. The molecule has 2 aromatic rings. The van der Waals surface area contributed by atoms with Gasteiger partial charge < -0.3 is 19.3 Å². The zero-order chi connectivity index (χ0) is 26.7. The van der Waals surface area contributed by atoms with Crippen LogP contribution in [0, 0.1) is 5.82 Å². The predicted molar refractivity (Wildman–Crippen MR) is 136 cm³/mol. The van der Waals surface area contributed by atoms with Crippen LogP contribution >= 0.6 is 22.9 Å². The zero-order valence-corrected chi connectivity index (χ0v) is 21.9. The van der Waals surface area contributed by atoms with E-state index in [1.54, 1.807) is 12.1 Å². The van der Waals surface area contributed by atoms with Crippen molar-refractivity contribution in [3.8, 4) is 0 Å². The number of thiophene rings is 1. The lowest BCUT2D eigenvalue weighted by atomic mass is 10.2. The zero-order valence-electron chi connectivity index (χ0n) is 20.3. The molecule has 1 atom stereocenters. The van der Waals surface area contributed by atoms with Crippen molar-refractivity contribution in [1.29, 1.82) is 0 Å². The molecule has 1 aromatic heterocycles. The molecule has 0 aliphatic carbocycles. The third-order valence-electron chi connectivity index (χ3n) is 5.88. The van der Waals surface area contributed by atoms with E-state index in [0.29, 0.717) is 29.7 Å². The minimum Gasteiger partial charge on any atom is -0.442 e. The van der Waals surface area contributed by atoms with Gasteiger partial charge in [-0.25, -0.2) is 9.18 Å². The summed E-state index contributed by atoms with van der Waals surface area (Å²) in [5, 5.41) is 0. The summed E-state index contributed by atoms with van der Waals surface area (Å²) in [7, 11) is 3.62. The molecule has 1 aromatic carbocycles.